The van der Waals surface area contributed by atoms with Gasteiger partial charge in [0, 0.05) is 5.56 Å². The van der Waals surface area contributed by atoms with Crippen molar-refractivity contribution in [3.63, 3.8) is 0 Å². The molecule has 1 N–H and O–H groups in total. The number of rotatable bonds is 3. The van der Waals surface area contributed by atoms with Gasteiger partial charge in [0.15, 0.2) is 0 Å². The van der Waals surface area contributed by atoms with Crippen molar-refractivity contribution in [3.8, 4) is 11.1 Å². The van der Waals surface area contributed by atoms with Crippen LogP contribution in [0.2, 0.25) is 10.0 Å². The van der Waals surface area contributed by atoms with Crippen molar-refractivity contribution in [1.82, 2.24) is 0 Å². The smallest absolute Gasteiger partial charge is 0.0670 e. The summed E-state index contributed by atoms with van der Waals surface area (Å²) in [7, 11) is 0. The Morgan fingerprint density at radius 3 is 2.42 bits per heavy atom. The number of allylic oxidation sites excluding steroid dienone is 1. The van der Waals surface area contributed by atoms with Crippen molar-refractivity contribution in [2.75, 3.05) is 6.61 Å². The van der Waals surface area contributed by atoms with E-state index < -0.39 is 0 Å². The summed E-state index contributed by atoms with van der Waals surface area (Å²) in [6, 6.07) is 13.6. The lowest BCUT2D eigenvalue weighted by Gasteiger charge is -2.07. The Kier molecular flexibility index (Phi) is 4.65. The van der Waals surface area contributed by atoms with Crippen molar-refractivity contribution in [3.05, 3.63) is 64.1 Å². The molecule has 0 atom stereocenters. The standard InChI is InChI=1S/C16H14Cl2O/c1-11(9-10-19)12-5-7-13(8-6-12)14-3-2-4-15(17)16(14)18/h2-9,19H,10H2,1H3/b11-9+. The molecule has 19 heavy (non-hydrogen) atoms. The van der Waals surface area contributed by atoms with Gasteiger partial charge >= 0.3 is 0 Å². The van der Waals surface area contributed by atoms with Gasteiger partial charge in [0.1, 0.15) is 0 Å². The number of hydrogen-bond donors (Lipinski definition) is 1. The van der Waals surface area contributed by atoms with Gasteiger partial charge in [-0.3, -0.25) is 0 Å². The summed E-state index contributed by atoms with van der Waals surface area (Å²) in [6.07, 6.45) is 1.78. The van der Waals surface area contributed by atoms with E-state index in [2.05, 4.69) is 0 Å². The topological polar surface area (TPSA) is 20.2 Å². The molecular formula is C16H14Cl2O. The van der Waals surface area contributed by atoms with Gasteiger partial charge < -0.3 is 5.11 Å². The van der Waals surface area contributed by atoms with Crippen molar-refractivity contribution in [2.45, 2.75) is 6.92 Å². The first-order valence-electron chi connectivity index (χ1n) is 5.96. The predicted octanol–water partition coefficient (Wildman–Crippen LogP) is 5.06. The van der Waals surface area contributed by atoms with Gasteiger partial charge in [0.2, 0.25) is 0 Å². The molecule has 0 aliphatic carbocycles. The molecule has 0 saturated carbocycles. The Hall–Kier alpha value is -1.28. The molecule has 0 aromatic heterocycles. The van der Waals surface area contributed by atoms with Gasteiger partial charge in [-0.1, -0.05) is 65.7 Å². The van der Waals surface area contributed by atoms with Crippen LogP contribution in [0.3, 0.4) is 0 Å². The maximum absolute atomic E-state index is 8.89. The van der Waals surface area contributed by atoms with Gasteiger partial charge in [-0.15, -0.1) is 0 Å². The predicted molar refractivity (Wildman–Crippen MR) is 82.6 cm³/mol. The van der Waals surface area contributed by atoms with E-state index in [4.69, 9.17) is 28.3 Å². The van der Waals surface area contributed by atoms with Gasteiger partial charge in [-0.2, -0.15) is 0 Å². The number of benzene rings is 2. The van der Waals surface area contributed by atoms with Gasteiger partial charge in [-0.25, -0.2) is 0 Å². The third-order valence-electron chi connectivity index (χ3n) is 3.00. The van der Waals surface area contributed by atoms with E-state index in [1.54, 1.807) is 12.1 Å². The lowest BCUT2D eigenvalue weighted by molar-refractivity contribution is 0.343. The van der Waals surface area contributed by atoms with Crippen LogP contribution in [0, 0.1) is 0 Å². The first-order valence-corrected chi connectivity index (χ1v) is 6.71. The molecule has 0 aliphatic heterocycles. The second kappa shape index (κ2) is 6.25. The maximum atomic E-state index is 8.89. The minimum atomic E-state index is 0.0493. The summed E-state index contributed by atoms with van der Waals surface area (Å²) in [5.41, 5.74) is 4.07. The zero-order chi connectivity index (χ0) is 13.8. The third-order valence-corrected chi connectivity index (χ3v) is 3.82. The summed E-state index contributed by atoms with van der Waals surface area (Å²) in [4.78, 5) is 0. The van der Waals surface area contributed by atoms with Crippen LogP contribution >= 0.6 is 23.2 Å². The lowest BCUT2D eigenvalue weighted by atomic mass is 10.0. The molecule has 0 amide bonds. The molecule has 0 heterocycles. The first-order chi connectivity index (χ1) is 9.13. The number of hydrogen-bond acceptors (Lipinski definition) is 1. The SMILES string of the molecule is C/C(=C\CO)c1ccc(-c2cccc(Cl)c2Cl)cc1. The molecule has 2 aromatic rings. The van der Waals surface area contributed by atoms with Crippen molar-refractivity contribution in [2.24, 2.45) is 0 Å². The van der Waals surface area contributed by atoms with Crippen LogP contribution in [0.5, 0.6) is 0 Å². The first kappa shape index (κ1) is 14.1. The van der Waals surface area contributed by atoms with Crippen LogP contribution < -0.4 is 0 Å². The van der Waals surface area contributed by atoms with E-state index in [-0.39, 0.29) is 6.61 Å². The Morgan fingerprint density at radius 1 is 1.11 bits per heavy atom. The highest BCUT2D eigenvalue weighted by molar-refractivity contribution is 6.43. The van der Waals surface area contributed by atoms with E-state index >= 15 is 0 Å². The number of aliphatic hydroxyl groups is 1. The van der Waals surface area contributed by atoms with Gasteiger partial charge in [0.05, 0.1) is 16.7 Å². The highest BCUT2D eigenvalue weighted by Gasteiger charge is 2.06. The molecule has 2 rings (SSSR count). The molecule has 0 spiro atoms. The molecule has 0 radical (unpaired) electrons. The summed E-state index contributed by atoms with van der Waals surface area (Å²) in [5.74, 6) is 0. The number of halogens is 2. The summed E-state index contributed by atoms with van der Waals surface area (Å²) < 4.78 is 0. The molecule has 0 saturated heterocycles. The average Bonchev–Trinajstić information content (AvgIpc) is 2.42. The number of aliphatic hydroxyl groups excluding tert-OH is 1. The summed E-state index contributed by atoms with van der Waals surface area (Å²) >= 11 is 12.2. The van der Waals surface area contributed by atoms with Crippen LogP contribution in [0.4, 0.5) is 0 Å². The highest BCUT2D eigenvalue weighted by Crippen LogP contribution is 2.33. The molecule has 0 bridgehead atoms. The Morgan fingerprint density at radius 2 is 1.79 bits per heavy atom. The van der Waals surface area contributed by atoms with Gasteiger partial charge in [-0.05, 0) is 29.7 Å². The van der Waals surface area contributed by atoms with Crippen molar-refractivity contribution >= 4 is 28.8 Å². The van der Waals surface area contributed by atoms with E-state index in [0.717, 1.165) is 22.3 Å². The highest BCUT2D eigenvalue weighted by atomic mass is 35.5. The van der Waals surface area contributed by atoms with E-state index in [1.165, 1.54) is 0 Å². The molecule has 3 heteroatoms. The molecule has 1 nitrogen and oxygen atoms in total. The molecule has 0 fully saturated rings. The quantitative estimate of drug-likeness (QED) is 0.839. The maximum Gasteiger partial charge on any atom is 0.0670 e. The normalized spacial score (nSPS) is 11.7. The van der Waals surface area contributed by atoms with Gasteiger partial charge in [0.25, 0.3) is 0 Å². The molecule has 0 aliphatic rings. The summed E-state index contributed by atoms with van der Waals surface area (Å²) in [6.45, 7) is 2.02. The summed E-state index contributed by atoms with van der Waals surface area (Å²) in [5, 5.41) is 10.0. The minimum absolute atomic E-state index is 0.0493. The Balaban J connectivity index is 2.38. The lowest BCUT2D eigenvalue weighted by Crippen LogP contribution is -1.85. The van der Waals surface area contributed by atoms with Crippen LogP contribution in [-0.4, -0.2) is 11.7 Å². The third kappa shape index (κ3) is 3.19. The fourth-order valence-corrected chi connectivity index (χ4v) is 2.30. The van der Waals surface area contributed by atoms with E-state index in [0.29, 0.717) is 10.0 Å². The van der Waals surface area contributed by atoms with Crippen LogP contribution in [0.15, 0.2) is 48.5 Å². The fraction of sp³-hybridized carbons (Fsp3) is 0.125. The largest absolute Gasteiger partial charge is 0.392 e. The average molecular weight is 293 g/mol. The second-order valence-electron chi connectivity index (χ2n) is 4.25. The molecule has 98 valence electrons. The minimum Gasteiger partial charge on any atom is -0.392 e. The zero-order valence-electron chi connectivity index (χ0n) is 10.5. The van der Waals surface area contributed by atoms with Crippen molar-refractivity contribution < 1.29 is 5.11 Å². The second-order valence-corrected chi connectivity index (χ2v) is 5.03. The fourth-order valence-electron chi connectivity index (χ4n) is 1.89. The van der Waals surface area contributed by atoms with E-state index in [9.17, 15) is 0 Å². The van der Waals surface area contributed by atoms with Crippen LogP contribution in [-0.2, 0) is 0 Å². The van der Waals surface area contributed by atoms with Crippen molar-refractivity contribution in [1.29, 1.82) is 0 Å². The Labute approximate surface area is 123 Å². The monoisotopic (exact) mass is 292 g/mol. The Bertz CT molecular complexity index is 601. The van der Waals surface area contributed by atoms with Crippen LogP contribution in [0.1, 0.15) is 12.5 Å². The van der Waals surface area contributed by atoms with E-state index in [1.807, 2.05) is 43.3 Å². The molecule has 0 unspecified atom stereocenters. The zero-order valence-corrected chi connectivity index (χ0v) is 12.0. The van der Waals surface area contributed by atoms with Crippen LogP contribution in [0.25, 0.3) is 16.7 Å². The molecular weight excluding hydrogens is 279 g/mol. The molecule has 2 aromatic carbocycles.